The van der Waals surface area contributed by atoms with Gasteiger partial charge in [0.1, 0.15) is 11.3 Å². The Morgan fingerprint density at radius 2 is 1.86 bits per heavy atom. The second kappa shape index (κ2) is 7.56. The van der Waals surface area contributed by atoms with E-state index in [4.69, 9.17) is 16.0 Å². The van der Waals surface area contributed by atoms with Gasteiger partial charge in [-0.3, -0.25) is 9.59 Å². The van der Waals surface area contributed by atoms with E-state index in [-0.39, 0.29) is 5.69 Å². The largest absolute Gasteiger partial charge is 0.459 e. The van der Waals surface area contributed by atoms with Crippen molar-refractivity contribution in [2.75, 3.05) is 0 Å². The van der Waals surface area contributed by atoms with Gasteiger partial charge >= 0.3 is 0 Å². The fraction of sp³-hybridized carbons (Fsp3) is 0.136. The van der Waals surface area contributed by atoms with Crippen molar-refractivity contribution >= 4 is 28.5 Å². The molecular weight excluding hydrogens is 390 g/mol. The minimum absolute atomic E-state index is 0.187. The summed E-state index contributed by atoms with van der Waals surface area (Å²) in [6.07, 6.45) is 0. The number of aromatic nitrogens is 2. The molecule has 0 aliphatic carbocycles. The molecule has 0 aliphatic heterocycles. The average molecular weight is 408 g/mol. The second-order valence-electron chi connectivity index (χ2n) is 6.77. The zero-order valence-corrected chi connectivity index (χ0v) is 16.6. The summed E-state index contributed by atoms with van der Waals surface area (Å²) in [5.41, 5.74) is 1.42. The molecule has 2 aromatic heterocycles. The molecule has 6 nitrogen and oxygen atoms in total. The van der Waals surface area contributed by atoms with E-state index in [9.17, 15) is 9.59 Å². The number of furan rings is 1. The van der Waals surface area contributed by atoms with Gasteiger partial charge in [0.25, 0.3) is 5.91 Å². The summed E-state index contributed by atoms with van der Waals surface area (Å²) < 4.78 is 7.33. The predicted octanol–water partition coefficient (Wildman–Crippen LogP) is 4.43. The number of nitrogens with one attached hydrogen (secondary N) is 1. The molecule has 1 N–H and O–H groups in total. The first-order chi connectivity index (χ1) is 13.9. The Balaban J connectivity index is 1.63. The van der Waals surface area contributed by atoms with Crippen molar-refractivity contribution in [3.05, 3.63) is 93.1 Å². The topological polar surface area (TPSA) is 77.1 Å². The Kier molecular flexibility index (Phi) is 4.94. The lowest BCUT2D eigenvalue weighted by Gasteiger charge is -2.13. The van der Waals surface area contributed by atoms with Crippen molar-refractivity contribution in [3.63, 3.8) is 0 Å². The van der Waals surface area contributed by atoms with Crippen molar-refractivity contribution in [2.24, 2.45) is 0 Å². The van der Waals surface area contributed by atoms with E-state index >= 15 is 0 Å². The summed E-state index contributed by atoms with van der Waals surface area (Å²) in [4.78, 5) is 25.2. The number of carbonyl (C=O) groups excluding carboxylic acids is 1. The number of halogens is 1. The number of nitrogens with zero attached hydrogens (tertiary/aromatic N) is 2. The Bertz CT molecular complexity index is 1230. The van der Waals surface area contributed by atoms with Crippen LogP contribution in [0.15, 0.2) is 69.9 Å². The summed E-state index contributed by atoms with van der Waals surface area (Å²) in [6, 6.07) is 17.4. The molecule has 1 amide bonds. The summed E-state index contributed by atoms with van der Waals surface area (Å²) in [5, 5.41) is 8.61. The molecule has 4 rings (SSSR count). The van der Waals surface area contributed by atoms with Gasteiger partial charge in [-0.05, 0) is 50.2 Å². The van der Waals surface area contributed by atoms with Crippen LogP contribution in [0.4, 0.5) is 0 Å². The standard InChI is InChI=1S/C22H18ClN3O3/c1-13-11-18(27)21(25-26(13)17-9-7-16(23)8-10-17)22(28)24-14(2)20-12-15-5-3-4-6-19(15)29-20/h3-12,14H,1-2H3,(H,24,28). The summed E-state index contributed by atoms with van der Waals surface area (Å²) >= 11 is 5.94. The van der Waals surface area contributed by atoms with Crippen LogP contribution in [0.5, 0.6) is 0 Å². The van der Waals surface area contributed by atoms with Crippen LogP contribution in [0, 0.1) is 6.92 Å². The fourth-order valence-electron chi connectivity index (χ4n) is 3.10. The molecule has 0 bridgehead atoms. The SMILES string of the molecule is Cc1cc(=O)c(C(=O)NC(C)c2cc3ccccc3o2)nn1-c1ccc(Cl)cc1. The van der Waals surface area contributed by atoms with Crippen LogP contribution in [-0.4, -0.2) is 15.7 Å². The van der Waals surface area contributed by atoms with Gasteiger partial charge in [-0.25, -0.2) is 4.68 Å². The van der Waals surface area contributed by atoms with E-state index in [1.54, 1.807) is 42.8 Å². The number of rotatable bonds is 4. The first-order valence-corrected chi connectivity index (χ1v) is 9.46. The van der Waals surface area contributed by atoms with Crippen molar-refractivity contribution in [1.82, 2.24) is 15.1 Å². The Morgan fingerprint density at radius 3 is 2.59 bits per heavy atom. The maximum Gasteiger partial charge on any atom is 0.276 e. The van der Waals surface area contributed by atoms with Gasteiger partial charge in [-0.15, -0.1) is 0 Å². The number of hydrogen-bond donors (Lipinski definition) is 1. The maximum absolute atomic E-state index is 12.8. The van der Waals surface area contributed by atoms with Crippen LogP contribution in [-0.2, 0) is 0 Å². The first-order valence-electron chi connectivity index (χ1n) is 9.08. The molecule has 146 valence electrons. The maximum atomic E-state index is 12.8. The lowest BCUT2D eigenvalue weighted by atomic mass is 10.2. The molecular formula is C22H18ClN3O3. The van der Waals surface area contributed by atoms with E-state index in [0.717, 1.165) is 11.0 Å². The normalized spacial score (nSPS) is 12.1. The fourth-order valence-corrected chi connectivity index (χ4v) is 3.23. The molecule has 0 radical (unpaired) electrons. The minimum Gasteiger partial charge on any atom is -0.459 e. The summed E-state index contributed by atoms with van der Waals surface area (Å²) in [5.74, 6) is 0.0374. The molecule has 4 aromatic rings. The number of benzene rings is 2. The Hall–Kier alpha value is -3.38. The third kappa shape index (κ3) is 3.79. The molecule has 1 atom stereocenters. The Labute approximate surface area is 171 Å². The monoisotopic (exact) mass is 407 g/mol. The van der Waals surface area contributed by atoms with Crippen LogP contribution in [0.2, 0.25) is 5.02 Å². The molecule has 0 fully saturated rings. The molecule has 1 unspecified atom stereocenters. The van der Waals surface area contributed by atoms with Crippen LogP contribution in [0.25, 0.3) is 16.7 Å². The van der Waals surface area contributed by atoms with Gasteiger partial charge in [0.05, 0.1) is 11.7 Å². The molecule has 0 saturated heterocycles. The lowest BCUT2D eigenvalue weighted by Crippen LogP contribution is -2.33. The van der Waals surface area contributed by atoms with Gasteiger partial charge in [0.2, 0.25) is 5.43 Å². The third-order valence-electron chi connectivity index (χ3n) is 4.61. The zero-order valence-electron chi connectivity index (χ0n) is 15.8. The van der Waals surface area contributed by atoms with E-state index < -0.39 is 17.4 Å². The smallest absolute Gasteiger partial charge is 0.276 e. The molecule has 0 spiro atoms. The number of hydrogen-bond acceptors (Lipinski definition) is 4. The third-order valence-corrected chi connectivity index (χ3v) is 4.86. The summed E-state index contributed by atoms with van der Waals surface area (Å²) in [7, 11) is 0. The molecule has 2 aromatic carbocycles. The number of aryl methyl sites for hydroxylation is 1. The van der Waals surface area contributed by atoms with Crippen molar-refractivity contribution in [2.45, 2.75) is 19.9 Å². The first kappa shape index (κ1) is 19.0. The quantitative estimate of drug-likeness (QED) is 0.542. The highest BCUT2D eigenvalue weighted by Gasteiger charge is 2.20. The highest BCUT2D eigenvalue weighted by atomic mass is 35.5. The summed E-state index contributed by atoms with van der Waals surface area (Å²) in [6.45, 7) is 3.54. The van der Waals surface area contributed by atoms with Gasteiger partial charge < -0.3 is 9.73 Å². The van der Waals surface area contributed by atoms with Crippen LogP contribution in [0.3, 0.4) is 0 Å². The van der Waals surface area contributed by atoms with E-state index in [1.807, 2.05) is 30.3 Å². The average Bonchev–Trinajstić information content (AvgIpc) is 3.13. The number of carbonyl (C=O) groups is 1. The van der Waals surface area contributed by atoms with Crippen molar-refractivity contribution < 1.29 is 9.21 Å². The van der Waals surface area contributed by atoms with Crippen LogP contribution < -0.4 is 10.7 Å². The Morgan fingerprint density at radius 1 is 1.14 bits per heavy atom. The predicted molar refractivity (Wildman–Crippen MR) is 112 cm³/mol. The van der Waals surface area contributed by atoms with Gasteiger partial charge in [-0.1, -0.05) is 29.8 Å². The lowest BCUT2D eigenvalue weighted by molar-refractivity contribution is 0.0927. The number of para-hydroxylation sites is 1. The van der Waals surface area contributed by atoms with Crippen LogP contribution in [0.1, 0.15) is 34.9 Å². The molecule has 2 heterocycles. The highest BCUT2D eigenvalue weighted by molar-refractivity contribution is 6.30. The number of amides is 1. The highest BCUT2D eigenvalue weighted by Crippen LogP contribution is 2.23. The second-order valence-corrected chi connectivity index (χ2v) is 7.20. The molecule has 0 aliphatic rings. The van der Waals surface area contributed by atoms with Crippen molar-refractivity contribution in [1.29, 1.82) is 0 Å². The van der Waals surface area contributed by atoms with E-state index in [2.05, 4.69) is 10.4 Å². The van der Waals surface area contributed by atoms with Gasteiger partial charge in [0.15, 0.2) is 5.69 Å². The van der Waals surface area contributed by atoms with E-state index in [1.165, 1.54) is 6.07 Å². The molecule has 0 saturated carbocycles. The van der Waals surface area contributed by atoms with Gasteiger partial charge in [-0.2, -0.15) is 5.10 Å². The molecule has 7 heteroatoms. The minimum atomic E-state index is -0.564. The number of fused-ring (bicyclic) bond motifs is 1. The van der Waals surface area contributed by atoms with E-state index in [0.29, 0.717) is 22.2 Å². The molecule has 29 heavy (non-hydrogen) atoms. The zero-order chi connectivity index (χ0) is 20.5. The van der Waals surface area contributed by atoms with Crippen LogP contribution >= 0.6 is 11.6 Å². The van der Waals surface area contributed by atoms with Crippen molar-refractivity contribution in [3.8, 4) is 5.69 Å². The van der Waals surface area contributed by atoms with Gasteiger partial charge in [0, 0.05) is 22.2 Å².